The minimum Gasteiger partial charge on any atom is -0.342 e. The number of hydrogen-bond acceptors (Lipinski definition) is 7. The number of rotatable bonds is 8. The molecule has 3 atom stereocenters. The highest BCUT2D eigenvalue weighted by Gasteiger charge is 2.39. The number of amides is 3. The number of carbonyl (C=O) groups is 3. The molecule has 0 aliphatic carbocycles. The Kier molecular flexibility index (Phi) is 9.21. The molecular weight excluding hydrogens is 539 g/mol. The number of nitrogens with zero attached hydrogens (tertiary/aromatic N) is 6. The second kappa shape index (κ2) is 13.2. The van der Waals surface area contributed by atoms with Crippen molar-refractivity contribution in [2.75, 3.05) is 38.0 Å². The molecule has 0 radical (unpaired) electrons. The molecule has 0 saturated carbocycles. The lowest BCUT2D eigenvalue weighted by Gasteiger charge is -2.41. The van der Waals surface area contributed by atoms with Crippen molar-refractivity contribution in [3.8, 4) is 11.4 Å². The summed E-state index contributed by atoms with van der Waals surface area (Å²) in [6.07, 6.45) is 3.21. The van der Waals surface area contributed by atoms with Crippen LogP contribution in [0.3, 0.4) is 0 Å². The van der Waals surface area contributed by atoms with E-state index in [4.69, 9.17) is 0 Å². The van der Waals surface area contributed by atoms with Gasteiger partial charge < -0.3 is 15.5 Å². The van der Waals surface area contributed by atoms with Crippen LogP contribution in [0.2, 0.25) is 0 Å². The topological polar surface area (TPSA) is 125 Å². The molecule has 2 aliphatic rings. The maximum Gasteiger partial charge on any atom is 0.319 e. The van der Waals surface area contributed by atoms with E-state index >= 15 is 0 Å². The van der Waals surface area contributed by atoms with Crippen molar-refractivity contribution in [1.82, 2.24) is 35.3 Å². The summed E-state index contributed by atoms with van der Waals surface area (Å²) in [6, 6.07) is 13.0. The molecule has 2 N–H and O–H groups in total. The maximum atomic E-state index is 14.0. The summed E-state index contributed by atoms with van der Waals surface area (Å²) in [4.78, 5) is 42.9. The van der Waals surface area contributed by atoms with E-state index in [2.05, 4.69) is 26.2 Å². The summed E-state index contributed by atoms with van der Waals surface area (Å²) in [7, 11) is 1.74. The SMILES string of the molecule is CC(=O)CN1CC[C@@H](NC(=O)Nc2cccc(-c3nnnn3C)c2)[C@@H](C(=O)N2CCC[C@@H](Cc3ccc(F)cc3)C2)C1. The number of halogens is 1. The highest BCUT2D eigenvalue weighted by molar-refractivity contribution is 5.91. The Bertz CT molecular complexity index is 1410. The van der Waals surface area contributed by atoms with Crippen molar-refractivity contribution in [2.24, 2.45) is 18.9 Å². The Morgan fingerprint density at radius 3 is 2.60 bits per heavy atom. The van der Waals surface area contributed by atoms with Crippen LogP contribution in [0, 0.1) is 17.7 Å². The van der Waals surface area contributed by atoms with Gasteiger partial charge in [0.15, 0.2) is 5.82 Å². The molecule has 2 aromatic carbocycles. The summed E-state index contributed by atoms with van der Waals surface area (Å²) in [5.41, 5.74) is 2.38. The molecule has 0 bridgehead atoms. The summed E-state index contributed by atoms with van der Waals surface area (Å²) >= 11 is 0. The lowest BCUT2D eigenvalue weighted by molar-refractivity contribution is -0.140. The Morgan fingerprint density at radius 1 is 1.05 bits per heavy atom. The third-order valence-corrected chi connectivity index (χ3v) is 8.04. The number of benzene rings is 2. The zero-order valence-corrected chi connectivity index (χ0v) is 24.0. The number of piperidine rings is 2. The predicted octanol–water partition coefficient (Wildman–Crippen LogP) is 2.90. The number of nitrogens with one attached hydrogen (secondary N) is 2. The highest BCUT2D eigenvalue weighted by atomic mass is 19.1. The fraction of sp³-hybridized carbons (Fsp3) is 0.467. The van der Waals surface area contributed by atoms with Crippen LogP contribution in [0.4, 0.5) is 14.9 Å². The van der Waals surface area contributed by atoms with Crippen molar-refractivity contribution >= 4 is 23.4 Å². The number of anilines is 1. The first-order valence-electron chi connectivity index (χ1n) is 14.4. The molecule has 0 unspecified atom stereocenters. The first kappa shape index (κ1) is 29.3. The predicted molar refractivity (Wildman–Crippen MR) is 155 cm³/mol. The van der Waals surface area contributed by atoms with Crippen LogP contribution in [0.25, 0.3) is 11.4 Å². The second-order valence-corrected chi connectivity index (χ2v) is 11.4. The van der Waals surface area contributed by atoms with E-state index in [9.17, 15) is 18.8 Å². The van der Waals surface area contributed by atoms with Crippen LogP contribution < -0.4 is 10.6 Å². The van der Waals surface area contributed by atoms with Gasteiger partial charge in [-0.05, 0) is 78.8 Å². The van der Waals surface area contributed by atoms with Gasteiger partial charge in [0, 0.05) is 50.5 Å². The van der Waals surface area contributed by atoms with Crippen molar-refractivity contribution < 1.29 is 18.8 Å². The monoisotopic (exact) mass is 576 g/mol. The normalized spacial score (nSPS) is 21.1. The van der Waals surface area contributed by atoms with Crippen LogP contribution in [-0.4, -0.2) is 86.5 Å². The van der Waals surface area contributed by atoms with E-state index in [1.54, 1.807) is 42.9 Å². The molecular formula is C30H37FN8O3. The number of ketones is 1. The highest BCUT2D eigenvalue weighted by Crippen LogP contribution is 2.26. The van der Waals surface area contributed by atoms with Gasteiger partial charge in [-0.1, -0.05) is 24.3 Å². The number of likely N-dealkylation sites (tertiary alicyclic amines) is 2. The summed E-state index contributed by atoms with van der Waals surface area (Å²) in [6.45, 7) is 4.10. The summed E-state index contributed by atoms with van der Waals surface area (Å²) in [5, 5.41) is 17.5. The third kappa shape index (κ3) is 7.35. The van der Waals surface area contributed by atoms with Gasteiger partial charge in [0.25, 0.3) is 0 Å². The zero-order chi connectivity index (χ0) is 29.6. The first-order chi connectivity index (χ1) is 20.2. The lowest BCUT2D eigenvalue weighted by Crippen LogP contribution is -2.58. The average molecular weight is 577 g/mol. The van der Waals surface area contributed by atoms with Gasteiger partial charge >= 0.3 is 6.03 Å². The Labute approximate surface area is 244 Å². The van der Waals surface area contributed by atoms with E-state index < -0.39 is 11.9 Å². The molecule has 222 valence electrons. The lowest BCUT2D eigenvalue weighted by atomic mass is 9.87. The Hall–Kier alpha value is -4.19. The first-order valence-corrected chi connectivity index (χ1v) is 14.4. The minimum absolute atomic E-state index is 0.00543. The summed E-state index contributed by atoms with van der Waals surface area (Å²) < 4.78 is 14.9. The molecule has 12 heteroatoms. The van der Waals surface area contributed by atoms with Crippen molar-refractivity contribution in [3.63, 3.8) is 0 Å². The van der Waals surface area contributed by atoms with E-state index in [0.717, 1.165) is 30.4 Å². The fourth-order valence-corrected chi connectivity index (χ4v) is 6.07. The van der Waals surface area contributed by atoms with Crippen molar-refractivity contribution in [1.29, 1.82) is 0 Å². The molecule has 2 saturated heterocycles. The van der Waals surface area contributed by atoms with Gasteiger partial charge in [0.05, 0.1) is 12.5 Å². The van der Waals surface area contributed by atoms with Gasteiger partial charge in [0.1, 0.15) is 11.6 Å². The largest absolute Gasteiger partial charge is 0.342 e. The number of aromatic nitrogens is 4. The smallest absolute Gasteiger partial charge is 0.319 e. The van der Waals surface area contributed by atoms with Gasteiger partial charge in [-0.3, -0.25) is 14.5 Å². The van der Waals surface area contributed by atoms with Crippen LogP contribution >= 0.6 is 0 Å². The van der Waals surface area contributed by atoms with Gasteiger partial charge in [-0.25, -0.2) is 13.9 Å². The molecule has 42 heavy (non-hydrogen) atoms. The number of hydrogen-bond donors (Lipinski definition) is 2. The maximum absolute atomic E-state index is 14.0. The Morgan fingerprint density at radius 2 is 1.86 bits per heavy atom. The van der Waals surface area contributed by atoms with E-state index in [0.29, 0.717) is 44.1 Å². The van der Waals surface area contributed by atoms with Crippen LogP contribution in [0.1, 0.15) is 31.7 Å². The van der Waals surface area contributed by atoms with Gasteiger partial charge in [-0.2, -0.15) is 0 Å². The molecule has 11 nitrogen and oxygen atoms in total. The van der Waals surface area contributed by atoms with Crippen LogP contribution in [0.15, 0.2) is 48.5 Å². The van der Waals surface area contributed by atoms with Crippen molar-refractivity contribution in [2.45, 2.75) is 38.6 Å². The number of carbonyl (C=O) groups excluding carboxylic acids is 3. The second-order valence-electron chi connectivity index (χ2n) is 11.4. The molecule has 3 aromatic rings. The minimum atomic E-state index is -0.482. The molecule has 2 fully saturated rings. The number of urea groups is 1. The van der Waals surface area contributed by atoms with Gasteiger partial charge in [0.2, 0.25) is 5.91 Å². The average Bonchev–Trinajstić information content (AvgIpc) is 3.40. The quantitative estimate of drug-likeness (QED) is 0.423. The summed E-state index contributed by atoms with van der Waals surface area (Å²) in [5.74, 6) is 0.141. The zero-order valence-electron chi connectivity index (χ0n) is 24.0. The van der Waals surface area contributed by atoms with Gasteiger partial charge in [-0.15, -0.1) is 5.10 Å². The van der Waals surface area contributed by atoms with Crippen LogP contribution in [0.5, 0.6) is 0 Å². The number of tetrazole rings is 1. The number of Topliss-reactive ketones (excluding diaryl/α,β-unsaturated/α-hetero) is 1. The molecule has 5 rings (SSSR count). The third-order valence-electron chi connectivity index (χ3n) is 8.04. The molecule has 0 spiro atoms. The van der Waals surface area contributed by atoms with E-state index in [1.165, 1.54) is 12.1 Å². The standard InChI is InChI=1S/C30H37FN8O3/c1-20(40)17-38-14-12-27(33-30(42)32-25-7-3-6-23(16-25)28-34-35-36-37(28)2)26(19-38)29(41)39-13-4-5-22(18-39)15-21-8-10-24(31)11-9-21/h3,6-11,16,22,26-27H,4-5,12-15,17-19H2,1-2H3,(H2,32,33,42)/t22-,26-,27+/m0/s1. The molecule has 3 amide bonds. The fourth-order valence-electron chi connectivity index (χ4n) is 6.07. The van der Waals surface area contributed by atoms with Crippen molar-refractivity contribution in [3.05, 3.63) is 59.9 Å². The molecule has 1 aromatic heterocycles. The van der Waals surface area contributed by atoms with E-state index in [-0.39, 0.29) is 36.0 Å². The number of aryl methyl sites for hydroxylation is 1. The van der Waals surface area contributed by atoms with E-state index in [1.807, 2.05) is 21.9 Å². The van der Waals surface area contributed by atoms with Crippen LogP contribution in [-0.2, 0) is 23.1 Å². The molecule has 2 aliphatic heterocycles. The Balaban J connectivity index is 1.26. The molecule has 3 heterocycles.